The molecule has 0 radical (unpaired) electrons. The summed E-state index contributed by atoms with van der Waals surface area (Å²) < 4.78 is 15.9. The van der Waals surface area contributed by atoms with Crippen LogP contribution < -0.4 is 14.8 Å². The molecule has 1 aromatic rings. The molecule has 3 fully saturated rings. The van der Waals surface area contributed by atoms with E-state index in [2.05, 4.69) is 10.2 Å². The third-order valence-electron chi connectivity index (χ3n) is 8.14. The van der Waals surface area contributed by atoms with Gasteiger partial charge in [-0.15, -0.1) is 0 Å². The normalized spacial score (nSPS) is 23.7. The van der Waals surface area contributed by atoms with Crippen molar-refractivity contribution in [3.63, 3.8) is 0 Å². The van der Waals surface area contributed by atoms with Gasteiger partial charge in [0.05, 0.1) is 27.4 Å². The largest absolute Gasteiger partial charge is 0.493 e. The fourth-order valence-corrected chi connectivity index (χ4v) is 6.10. The summed E-state index contributed by atoms with van der Waals surface area (Å²) in [5, 5.41) is 2.76. The van der Waals surface area contributed by atoms with Crippen LogP contribution in [0.5, 0.6) is 11.5 Å². The molecule has 1 aromatic carbocycles. The number of imide groups is 1. The van der Waals surface area contributed by atoms with Crippen LogP contribution in [0.2, 0.25) is 0 Å². The molecule has 0 bridgehead atoms. The third-order valence-corrected chi connectivity index (χ3v) is 8.14. The van der Waals surface area contributed by atoms with Crippen molar-refractivity contribution in [3.05, 3.63) is 23.8 Å². The molecule has 0 aromatic heterocycles. The number of carbonyl (C=O) groups is 3. The van der Waals surface area contributed by atoms with Crippen molar-refractivity contribution < 1.29 is 28.6 Å². The van der Waals surface area contributed by atoms with Gasteiger partial charge in [0.1, 0.15) is 6.04 Å². The number of nitrogens with zero attached hydrogens (tertiary/aromatic N) is 3. The van der Waals surface area contributed by atoms with Crippen LogP contribution in [0, 0.1) is 5.92 Å². The van der Waals surface area contributed by atoms with Crippen molar-refractivity contribution in [1.29, 1.82) is 0 Å². The third kappa shape index (κ3) is 6.58. The molecule has 0 saturated carbocycles. The van der Waals surface area contributed by atoms with Crippen LogP contribution in [0.3, 0.4) is 0 Å². The lowest BCUT2D eigenvalue weighted by molar-refractivity contribution is -0.134. The lowest BCUT2D eigenvalue weighted by Gasteiger charge is -2.45. The van der Waals surface area contributed by atoms with Crippen LogP contribution in [-0.2, 0) is 20.9 Å². The predicted octanol–water partition coefficient (Wildman–Crippen LogP) is 2.64. The summed E-state index contributed by atoms with van der Waals surface area (Å²) >= 11 is 0. The summed E-state index contributed by atoms with van der Waals surface area (Å²) in [6.45, 7) is 4.18. The van der Waals surface area contributed by atoms with E-state index in [9.17, 15) is 14.4 Å². The number of urea groups is 1. The number of methoxy groups -OCH3 is 3. The topological polar surface area (TPSA) is 101 Å². The number of carbonyl (C=O) groups excluding carboxylic acids is 3. The number of nitrogens with one attached hydrogen (secondary N) is 1. The molecular formula is C28H42N4O6. The molecule has 0 aliphatic carbocycles. The molecule has 10 heteroatoms. The molecule has 38 heavy (non-hydrogen) atoms. The second-order valence-electron chi connectivity index (χ2n) is 10.5. The molecule has 210 valence electrons. The Morgan fingerprint density at radius 3 is 2.61 bits per heavy atom. The van der Waals surface area contributed by atoms with Gasteiger partial charge in [-0.2, -0.15) is 0 Å². The lowest BCUT2D eigenvalue weighted by atomic mass is 9.83. The quantitative estimate of drug-likeness (QED) is 0.415. The maximum Gasteiger partial charge on any atom is 0.325 e. The first-order chi connectivity index (χ1) is 18.4. The fourth-order valence-electron chi connectivity index (χ4n) is 6.10. The number of hydrogen-bond acceptors (Lipinski definition) is 7. The Bertz CT molecular complexity index is 986. The Labute approximate surface area is 225 Å². The van der Waals surface area contributed by atoms with E-state index < -0.39 is 12.1 Å². The van der Waals surface area contributed by atoms with E-state index >= 15 is 0 Å². The Morgan fingerprint density at radius 2 is 1.84 bits per heavy atom. The molecule has 4 rings (SSSR count). The summed E-state index contributed by atoms with van der Waals surface area (Å²) in [6.07, 6.45) is 6.51. The maximum absolute atomic E-state index is 13.3. The van der Waals surface area contributed by atoms with E-state index in [0.717, 1.165) is 31.6 Å². The second kappa shape index (κ2) is 13.3. The summed E-state index contributed by atoms with van der Waals surface area (Å²) in [5.74, 6) is 1.27. The number of ether oxygens (including phenoxy) is 3. The predicted molar refractivity (Wildman–Crippen MR) is 142 cm³/mol. The highest BCUT2D eigenvalue weighted by Crippen LogP contribution is 2.32. The number of piperidine rings is 2. The molecule has 3 saturated heterocycles. The summed E-state index contributed by atoms with van der Waals surface area (Å²) in [5.41, 5.74) is 0.748. The van der Waals surface area contributed by atoms with Crippen LogP contribution in [0.25, 0.3) is 0 Å². The van der Waals surface area contributed by atoms with E-state index in [4.69, 9.17) is 14.2 Å². The molecule has 4 amide bonds. The van der Waals surface area contributed by atoms with Crippen LogP contribution in [0.15, 0.2) is 18.2 Å². The first-order valence-electron chi connectivity index (χ1n) is 13.8. The smallest absolute Gasteiger partial charge is 0.325 e. The van der Waals surface area contributed by atoms with E-state index in [1.54, 1.807) is 32.4 Å². The molecule has 3 atom stereocenters. The van der Waals surface area contributed by atoms with E-state index in [1.165, 1.54) is 37.7 Å². The molecule has 0 unspecified atom stereocenters. The monoisotopic (exact) mass is 530 g/mol. The Hall–Kier alpha value is -2.85. The van der Waals surface area contributed by atoms with Gasteiger partial charge in [-0.05, 0) is 68.8 Å². The zero-order valence-corrected chi connectivity index (χ0v) is 22.9. The molecular weight excluding hydrogens is 488 g/mol. The molecule has 3 aliphatic heterocycles. The standard InChI is InChI=1S/C28H42N4O6/c1-36-16-15-31(19-21-7-6-14-30-13-5-4-8-23(21)30)26(33)12-10-22-27(34)32(28(35)29-22)18-20-9-11-24(37-2)25(17-20)38-3/h9,11,17,21-23H,4-8,10,12-16,18-19H2,1-3H3,(H,29,35)/t21-,22-,23-/m0/s1. The van der Waals surface area contributed by atoms with Crippen LogP contribution in [0.4, 0.5) is 4.79 Å². The highest BCUT2D eigenvalue weighted by atomic mass is 16.5. The van der Waals surface area contributed by atoms with Gasteiger partial charge in [0, 0.05) is 32.7 Å². The zero-order chi connectivity index (χ0) is 27.1. The number of fused-ring (bicyclic) bond motifs is 1. The average Bonchev–Trinajstić information content (AvgIpc) is 3.21. The van der Waals surface area contributed by atoms with Crippen LogP contribution in [0.1, 0.15) is 50.5 Å². The Kier molecular flexibility index (Phi) is 9.85. The molecule has 1 N–H and O–H groups in total. The van der Waals surface area contributed by atoms with Crippen molar-refractivity contribution in [2.75, 3.05) is 54.1 Å². The zero-order valence-electron chi connectivity index (χ0n) is 22.9. The fraction of sp³-hybridized carbons (Fsp3) is 0.679. The van der Waals surface area contributed by atoms with Gasteiger partial charge in [0.15, 0.2) is 11.5 Å². The van der Waals surface area contributed by atoms with E-state index in [0.29, 0.717) is 36.6 Å². The van der Waals surface area contributed by atoms with Gasteiger partial charge in [-0.25, -0.2) is 4.79 Å². The number of amides is 4. The van der Waals surface area contributed by atoms with Crippen molar-refractivity contribution in [2.45, 2.75) is 63.6 Å². The minimum Gasteiger partial charge on any atom is -0.493 e. The summed E-state index contributed by atoms with van der Waals surface area (Å²) in [7, 11) is 4.74. The van der Waals surface area contributed by atoms with Crippen molar-refractivity contribution in [3.8, 4) is 11.5 Å². The first kappa shape index (κ1) is 28.2. The Balaban J connectivity index is 1.34. The number of rotatable bonds is 12. The van der Waals surface area contributed by atoms with Crippen LogP contribution >= 0.6 is 0 Å². The van der Waals surface area contributed by atoms with Gasteiger partial charge in [-0.1, -0.05) is 12.5 Å². The summed E-state index contributed by atoms with van der Waals surface area (Å²) in [4.78, 5) is 44.7. The maximum atomic E-state index is 13.3. The highest BCUT2D eigenvalue weighted by molar-refractivity contribution is 6.04. The SMILES string of the molecule is COCCN(C[C@@H]1CCCN2CCCC[C@@H]12)C(=O)CC[C@@H]1NC(=O)N(Cc2ccc(OC)c(OC)c2)C1=O. The van der Waals surface area contributed by atoms with Gasteiger partial charge in [0.2, 0.25) is 5.91 Å². The van der Waals surface area contributed by atoms with Gasteiger partial charge >= 0.3 is 6.03 Å². The minimum absolute atomic E-state index is 0.00960. The van der Waals surface area contributed by atoms with Crippen LogP contribution in [-0.4, -0.2) is 98.7 Å². The summed E-state index contributed by atoms with van der Waals surface area (Å²) in [6, 6.07) is 4.69. The van der Waals surface area contributed by atoms with Gasteiger partial charge in [-0.3, -0.25) is 14.5 Å². The Morgan fingerprint density at radius 1 is 1.05 bits per heavy atom. The molecule has 10 nitrogen and oxygen atoms in total. The molecule has 0 spiro atoms. The average molecular weight is 531 g/mol. The van der Waals surface area contributed by atoms with Gasteiger partial charge in [0.25, 0.3) is 5.91 Å². The van der Waals surface area contributed by atoms with Crippen molar-refractivity contribution >= 4 is 17.8 Å². The molecule has 3 aliphatic rings. The lowest BCUT2D eigenvalue weighted by Crippen LogP contribution is -2.52. The number of benzene rings is 1. The van der Waals surface area contributed by atoms with Crippen molar-refractivity contribution in [1.82, 2.24) is 20.0 Å². The highest BCUT2D eigenvalue weighted by Gasteiger charge is 2.39. The number of hydrogen-bond donors (Lipinski definition) is 1. The minimum atomic E-state index is -0.709. The second-order valence-corrected chi connectivity index (χ2v) is 10.5. The van der Waals surface area contributed by atoms with E-state index in [1.807, 2.05) is 4.90 Å². The first-order valence-corrected chi connectivity index (χ1v) is 13.8. The van der Waals surface area contributed by atoms with E-state index in [-0.39, 0.29) is 31.2 Å². The van der Waals surface area contributed by atoms with Gasteiger partial charge < -0.3 is 29.3 Å². The van der Waals surface area contributed by atoms with Crippen molar-refractivity contribution in [2.24, 2.45) is 5.92 Å². The molecule has 3 heterocycles.